The Morgan fingerprint density at radius 2 is 1.92 bits per heavy atom. The highest BCUT2D eigenvalue weighted by Crippen LogP contribution is 2.23. The third kappa shape index (κ3) is 2.08. The molecule has 1 aromatic carbocycles. The van der Waals surface area contributed by atoms with E-state index in [2.05, 4.69) is 0 Å². The normalized spacial score (nSPS) is 11.2. The number of para-hydroxylation sites is 1. The number of primary sulfonamides is 1. The molecule has 0 bridgehead atoms. The van der Waals surface area contributed by atoms with E-state index in [1.807, 2.05) is 0 Å². The summed E-state index contributed by atoms with van der Waals surface area (Å²) in [7, 11) is -3.68. The summed E-state index contributed by atoms with van der Waals surface area (Å²) in [5.41, 5.74) is 0. The molecular formula is C6H6INO3S. The molecule has 1 aromatic rings. The topological polar surface area (TPSA) is 69.4 Å². The molecule has 0 unspecified atom stereocenters. The molecule has 0 saturated carbocycles. The van der Waals surface area contributed by atoms with Gasteiger partial charge in [-0.3, -0.25) is 0 Å². The van der Waals surface area contributed by atoms with Gasteiger partial charge in [-0.2, -0.15) is 0 Å². The molecule has 1 rings (SSSR count). The summed E-state index contributed by atoms with van der Waals surface area (Å²) in [4.78, 5) is -0.000556. The second-order valence-electron chi connectivity index (χ2n) is 2.07. The van der Waals surface area contributed by atoms with Gasteiger partial charge >= 0.3 is 0 Å². The minimum absolute atomic E-state index is 0.000556. The van der Waals surface area contributed by atoms with Crippen molar-refractivity contribution in [2.75, 3.05) is 0 Å². The molecule has 2 N–H and O–H groups in total. The van der Waals surface area contributed by atoms with E-state index in [-0.39, 0.29) is 10.6 Å². The van der Waals surface area contributed by atoms with Crippen LogP contribution in [0.3, 0.4) is 0 Å². The Kier molecular flexibility index (Phi) is 2.91. The van der Waals surface area contributed by atoms with Crippen molar-refractivity contribution in [3.8, 4) is 5.75 Å². The molecule has 0 aliphatic heterocycles. The Labute approximate surface area is 84.5 Å². The summed E-state index contributed by atoms with van der Waals surface area (Å²) in [5.74, 6) is 0.251. The van der Waals surface area contributed by atoms with Crippen LogP contribution in [0.4, 0.5) is 0 Å². The lowest BCUT2D eigenvalue weighted by Crippen LogP contribution is -2.12. The zero-order valence-corrected chi connectivity index (χ0v) is 8.87. The largest absolute Gasteiger partial charge is 0.426 e. The zero-order valence-electron chi connectivity index (χ0n) is 5.90. The van der Waals surface area contributed by atoms with Crippen LogP contribution in [0, 0.1) is 0 Å². The Bertz CT molecular complexity index is 376. The Morgan fingerprint density at radius 3 is 2.33 bits per heavy atom. The van der Waals surface area contributed by atoms with Crippen LogP contribution < -0.4 is 8.21 Å². The number of sulfonamides is 1. The first-order valence-electron chi connectivity index (χ1n) is 2.96. The van der Waals surface area contributed by atoms with E-state index in [1.54, 1.807) is 35.1 Å². The predicted molar refractivity (Wildman–Crippen MR) is 52.5 cm³/mol. The van der Waals surface area contributed by atoms with Crippen LogP contribution in [0.2, 0.25) is 0 Å². The summed E-state index contributed by atoms with van der Waals surface area (Å²) in [6.07, 6.45) is 0. The van der Waals surface area contributed by atoms with Crippen LogP contribution in [-0.2, 0) is 10.0 Å². The van der Waals surface area contributed by atoms with E-state index >= 15 is 0 Å². The molecule has 66 valence electrons. The van der Waals surface area contributed by atoms with Crippen LogP contribution in [-0.4, -0.2) is 8.42 Å². The molecule has 0 fully saturated rings. The lowest BCUT2D eigenvalue weighted by molar-refractivity contribution is 0.592. The average molecular weight is 299 g/mol. The van der Waals surface area contributed by atoms with E-state index in [4.69, 9.17) is 8.21 Å². The maximum atomic E-state index is 10.9. The summed E-state index contributed by atoms with van der Waals surface area (Å²) < 4.78 is 26.6. The Balaban J connectivity index is 3.33. The smallest absolute Gasteiger partial charge is 0.241 e. The van der Waals surface area contributed by atoms with Crippen LogP contribution in [0.15, 0.2) is 29.2 Å². The second kappa shape index (κ2) is 3.58. The number of rotatable bonds is 2. The summed E-state index contributed by atoms with van der Waals surface area (Å²) in [5, 5.41) is 4.92. The van der Waals surface area contributed by atoms with Crippen LogP contribution in [0.25, 0.3) is 0 Å². The van der Waals surface area contributed by atoms with Crippen molar-refractivity contribution < 1.29 is 11.5 Å². The van der Waals surface area contributed by atoms with Crippen molar-refractivity contribution in [2.24, 2.45) is 5.14 Å². The maximum Gasteiger partial charge on any atom is 0.241 e. The molecule has 12 heavy (non-hydrogen) atoms. The highest BCUT2D eigenvalue weighted by molar-refractivity contribution is 14.1. The summed E-state index contributed by atoms with van der Waals surface area (Å²) in [6, 6.07) is 6.18. The van der Waals surface area contributed by atoms with Gasteiger partial charge in [0.25, 0.3) is 0 Å². The molecule has 4 nitrogen and oxygen atoms in total. The van der Waals surface area contributed by atoms with Crippen molar-refractivity contribution in [1.82, 2.24) is 0 Å². The number of hydrogen-bond acceptors (Lipinski definition) is 3. The molecule has 6 heteroatoms. The minimum Gasteiger partial charge on any atom is -0.426 e. The van der Waals surface area contributed by atoms with E-state index in [1.165, 1.54) is 12.1 Å². The molecule has 0 amide bonds. The van der Waals surface area contributed by atoms with Gasteiger partial charge in [0.05, 0.1) is 0 Å². The fourth-order valence-corrected chi connectivity index (χ4v) is 1.94. The van der Waals surface area contributed by atoms with Gasteiger partial charge in [0.1, 0.15) is 4.90 Å². The molecule has 0 spiro atoms. The van der Waals surface area contributed by atoms with Crippen LogP contribution >= 0.6 is 23.0 Å². The molecule has 0 heterocycles. The van der Waals surface area contributed by atoms with E-state index < -0.39 is 10.0 Å². The summed E-state index contributed by atoms with van der Waals surface area (Å²) >= 11 is 1.60. The fraction of sp³-hybridized carbons (Fsp3) is 0. The molecule has 0 aliphatic rings. The number of benzene rings is 1. The SMILES string of the molecule is NS(=O)(=O)c1ccccc1OI. The lowest BCUT2D eigenvalue weighted by Gasteiger charge is -2.02. The Hall–Kier alpha value is -0.340. The van der Waals surface area contributed by atoms with E-state index in [0.717, 1.165) is 0 Å². The first-order valence-corrected chi connectivity index (χ1v) is 5.39. The van der Waals surface area contributed by atoms with Gasteiger partial charge in [-0.15, -0.1) is 0 Å². The second-order valence-corrected chi connectivity index (χ2v) is 4.04. The predicted octanol–water partition coefficient (Wildman–Crippen LogP) is 1.06. The van der Waals surface area contributed by atoms with Crippen molar-refractivity contribution in [3.05, 3.63) is 24.3 Å². The van der Waals surface area contributed by atoms with Crippen molar-refractivity contribution >= 4 is 33.0 Å². The van der Waals surface area contributed by atoms with Gasteiger partial charge in [0.2, 0.25) is 10.0 Å². The highest BCUT2D eigenvalue weighted by Gasteiger charge is 2.13. The molecule has 0 radical (unpaired) electrons. The van der Waals surface area contributed by atoms with Gasteiger partial charge < -0.3 is 3.07 Å². The Morgan fingerprint density at radius 1 is 1.33 bits per heavy atom. The van der Waals surface area contributed by atoms with Gasteiger partial charge in [-0.1, -0.05) is 12.1 Å². The average Bonchev–Trinajstić information content (AvgIpc) is 2.03. The van der Waals surface area contributed by atoms with Crippen molar-refractivity contribution in [2.45, 2.75) is 4.90 Å². The molecular weight excluding hydrogens is 293 g/mol. The molecule has 0 aliphatic carbocycles. The third-order valence-corrected chi connectivity index (χ3v) is 2.66. The first kappa shape index (κ1) is 9.75. The molecule has 0 aromatic heterocycles. The number of halogens is 1. The molecule has 0 saturated heterocycles. The van der Waals surface area contributed by atoms with Crippen molar-refractivity contribution in [1.29, 1.82) is 0 Å². The monoisotopic (exact) mass is 299 g/mol. The maximum absolute atomic E-state index is 10.9. The zero-order chi connectivity index (χ0) is 9.19. The standard InChI is InChI=1S/C6H6INO3S/c7-11-5-3-1-2-4-6(5)12(8,9)10/h1-4H,(H2,8,9,10). The number of nitrogens with two attached hydrogens (primary N) is 1. The summed E-state index contributed by atoms with van der Waals surface area (Å²) in [6.45, 7) is 0. The quantitative estimate of drug-likeness (QED) is 0.830. The van der Waals surface area contributed by atoms with Gasteiger partial charge in [-0.25, -0.2) is 13.6 Å². The van der Waals surface area contributed by atoms with Gasteiger partial charge in [-0.05, 0) is 12.1 Å². The van der Waals surface area contributed by atoms with Crippen LogP contribution in [0.5, 0.6) is 5.75 Å². The van der Waals surface area contributed by atoms with E-state index in [0.29, 0.717) is 0 Å². The van der Waals surface area contributed by atoms with Crippen molar-refractivity contribution in [3.63, 3.8) is 0 Å². The van der Waals surface area contributed by atoms with E-state index in [9.17, 15) is 8.42 Å². The lowest BCUT2D eigenvalue weighted by atomic mass is 10.3. The van der Waals surface area contributed by atoms with Crippen LogP contribution in [0.1, 0.15) is 0 Å². The first-order chi connectivity index (χ1) is 5.55. The van der Waals surface area contributed by atoms with Gasteiger partial charge in [0.15, 0.2) is 28.8 Å². The third-order valence-electron chi connectivity index (χ3n) is 1.24. The number of hydrogen-bond donors (Lipinski definition) is 1. The fourth-order valence-electron chi connectivity index (χ4n) is 0.749. The minimum atomic E-state index is -3.68. The molecule has 0 atom stereocenters. The highest BCUT2D eigenvalue weighted by atomic mass is 127. The van der Waals surface area contributed by atoms with Gasteiger partial charge in [0, 0.05) is 0 Å².